The Balaban J connectivity index is 1.73. The first kappa shape index (κ1) is 18.7. The van der Waals surface area contributed by atoms with E-state index in [9.17, 15) is 8.42 Å². The van der Waals surface area contributed by atoms with Crippen LogP contribution in [0.15, 0.2) is 65.6 Å². The molecule has 0 spiro atoms. The van der Waals surface area contributed by atoms with E-state index < -0.39 is 10.0 Å². The van der Waals surface area contributed by atoms with Crippen molar-refractivity contribution in [3.63, 3.8) is 0 Å². The van der Waals surface area contributed by atoms with Gasteiger partial charge in [0.1, 0.15) is 5.75 Å². The van der Waals surface area contributed by atoms with Crippen LogP contribution in [0.5, 0.6) is 5.75 Å². The summed E-state index contributed by atoms with van der Waals surface area (Å²) in [5.74, 6) is 1.27. The Morgan fingerprint density at radius 3 is 2.22 bits per heavy atom. The third-order valence-corrected chi connectivity index (χ3v) is 5.29. The predicted molar refractivity (Wildman–Crippen MR) is 105 cm³/mol. The Bertz CT molecular complexity index is 1000. The maximum absolute atomic E-state index is 12.4. The van der Waals surface area contributed by atoms with Gasteiger partial charge in [-0.15, -0.1) is 10.2 Å². The number of sulfonamides is 1. The highest BCUT2D eigenvalue weighted by Gasteiger charge is 2.15. The molecule has 3 aromatic rings. The number of anilines is 3. The molecule has 0 aliphatic rings. The van der Waals surface area contributed by atoms with Crippen LogP contribution in [0.25, 0.3) is 0 Å². The zero-order chi connectivity index (χ0) is 19.3. The molecular weight excluding hydrogens is 364 g/mol. The topological polar surface area (TPSA) is 93.2 Å². The molecule has 1 heterocycles. The van der Waals surface area contributed by atoms with Crippen LogP contribution in [-0.2, 0) is 16.4 Å². The molecule has 0 saturated carbocycles. The van der Waals surface area contributed by atoms with Crippen molar-refractivity contribution in [1.29, 1.82) is 0 Å². The molecular formula is C19H20N4O3S. The van der Waals surface area contributed by atoms with E-state index in [0.717, 1.165) is 17.7 Å². The highest BCUT2D eigenvalue weighted by Crippen LogP contribution is 2.26. The lowest BCUT2D eigenvalue weighted by Crippen LogP contribution is -2.14. The molecule has 0 saturated heterocycles. The van der Waals surface area contributed by atoms with Gasteiger partial charge in [-0.05, 0) is 48.4 Å². The van der Waals surface area contributed by atoms with E-state index >= 15 is 0 Å². The molecule has 0 aliphatic heterocycles. The van der Waals surface area contributed by atoms with Crippen molar-refractivity contribution in [2.24, 2.45) is 0 Å². The van der Waals surface area contributed by atoms with Crippen LogP contribution < -0.4 is 14.8 Å². The monoisotopic (exact) mass is 384 g/mol. The van der Waals surface area contributed by atoms with Crippen LogP contribution in [0, 0.1) is 0 Å². The molecule has 140 valence electrons. The standard InChI is InChI=1S/C19H20N4O3S/c1-3-14-8-10-15(11-9-14)27(24,25)23-19-13-12-18(21-22-19)20-16-6-4-5-7-17(16)26-2/h4-13H,3H2,1-2H3,(H,20,21)(H,22,23). The zero-order valence-corrected chi connectivity index (χ0v) is 15.8. The van der Waals surface area contributed by atoms with Gasteiger partial charge in [-0.25, -0.2) is 8.42 Å². The number of methoxy groups -OCH3 is 1. The molecule has 2 aromatic carbocycles. The van der Waals surface area contributed by atoms with Gasteiger partial charge in [0.05, 0.1) is 17.7 Å². The second-order valence-corrected chi connectivity index (χ2v) is 7.41. The number of para-hydroxylation sites is 2. The summed E-state index contributed by atoms with van der Waals surface area (Å²) in [7, 11) is -2.13. The zero-order valence-electron chi connectivity index (χ0n) is 15.0. The largest absolute Gasteiger partial charge is 0.495 e. The molecule has 0 radical (unpaired) electrons. The first-order chi connectivity index (χ1) is 13.0. The Hall–Kier alpha value is -3.13. The summed E-state index contributed by atoms with van der Waals surface area (Å²) in [6, 6.07) is 17.3. The van der Waals surface area contributed by atoms with Crippen molar-refractivity contribution in [3.8, 4) is 5.75 Å². The van der Waals surface area contributed by atoms with E-state index in [1.54, 1.807) is 43.5 Å². The summed E-state index contributed by atoms with van der Waals surface area (Å²) < 4.78 is 32.6. The van der Waals surface area contributed by atoms with Crippen molar-refractivity contribution in [2.75, 3.05) is 17.1 Å². The molecule has 27 heavy (non-hydrogen) atoms. The minimum absolute atomic E-state index is 0.139. The van der Waals surface area contributed by atoms with E-state index in [-0.39, 0.29) is 10.7 Å². The number of benzene rings is 2. The number of ether oxygens (including phenoxy) is 1. The summed E-state index contributed by atoms with van der Waals surface area (Å²) in [6.07, 6.45) is 0.847. The number of aromatic nitrogens is 2. The van der Waals surface area contributed by atoms with Crippen molar-refractivity contribution >= 4 is 27.3 Å². The van der Waals surface area contributed by atoms with Crippen LogP contribution in [0.3, 0.4) is 0 Å². The first-order valence-electron chi connectivity index (χ1n) is 8.37. The Morgan fingerprint density at radius 2 is 1.59 bits per heavy atom. The fraction of sp³-hybridized carbons (Fsp3) is 0.158. The number of nitrogens with zero attached hydrogens (tertiary/aromatic N) is 2. The van der Waals surface area contributed by atoms with Crippen LogP contribution in [0.2, 0.25) is 0 Å². The minimum Gasteiger partial charge on any atom is -0.495 e. The average Bonchev–Trinajstić information content (AvgIpc) is 2.70. The van der Waals surface area contributed by atoms with Gasteiger partial charge < -0.3 is 10.1 Å². The number of nitrogens with one attached hydrogen (secondary N) is 2. The molecule has 0 unspecified atom stereocenters. The lowest BCUT2D eigenvalue weighted by Gasteiger charge is -2.11. The van der Waals surface area contributed by atoms with Crippen molar-refractivity contribution in [2.45, 2.75) is 18.2 Å². The maximum Gasteiger partial charge on any atom is 0.263 e. The van der Waals surface area contributed by atoms with Gasteiger partial charge in [0.15, 0.2) is 11.6 Å². The van der Waals surface area contributed by atoms with Crippen LogP contribution in [0.1, 0.15) is 12.5 Å². The average molecular weight is 384 g/mol. The summed E-state index contributed by atoms with van der Waals surface area (Å²) in [5, 5.41) is 11.0. The highest BCUT2D eigenvalue weighted by molar-refractivity contribution is 7.92. The normalized spacial score (nSPS) is 11.0. The predicted octanol–water partition coefficient (Wildman–Crippen LogP) is 3.59. The first-order valence-corrected chi connectivity index (χ1v) is 9.85. The number of hydrogen-bond acceptors (Lipinski definition) is 6. The highest BCUT2D eigenvalue weighted by atomic mass is 32.2. The Labute approximate surface area is 158 Å². The lowest BCUT2D eigenvalue weighted by molar-refractivity contribution is 0.417. The molecule has 7 nitrogen and oxygen atoms in total. The van der Waals surface area contributed by atoms with Crippen LogP contribution in [0.4, 0.5) is 17.3 Å². The van der Waals surface area contributed by atoms with Crippen molar-refractivity contribution in [1.82, 2.24) is 10.2 Å². The lowest BCUT2D eigenvalue weighted by atomic mass is 10.2. The van der Waals surface area contributed by atoms with E-state index in [1.807, 2.05) is 31.2 Å². The second-order valence-electron chi connectivity index (χ2n) is 5.73. The van der Waals surface area contributed by atoms with Crippen molar-refractivity contribution in [3.05, 3.63) is 66.2 Å². The van der Waals surface area contributed by atoms with Gasteiger partial charge >= 0.3 is 0 Å². The molecule has 0 fully saturated rings. The van der Waals surface area contributed by atoms with Crippen LogP contribution in [-0.4, -0.2) is 25.7 Å². The summed E-state index contributed by atoms with van der Waals surface area (Å²) >= 11 is 0. The van der Waals surface area contributed by atoms with Gasteiger partial charge in [-0.1, -0.05) is 31.2 Å². The molecule has 0 bridgehead atoms. The fourth-order valence-corrected chi connectivity index (χ4v) is 3.44. The smallest absolute Gasteiger partial charge is 0.263 e. The molecule has 2 N–H and O–H groups in total. The van der Waals surface area contributed by atoms with E-state index in [0.29, 0.717) is 11.6 Å². The summed E-state index contributed by atoms with van der Waals surface area (Å²) in [5.41, 5.74) is 1.80. The fourth-order valence-electron chi connectivity index (χ4n) is 2.44. The van der Waals surface area contributed by atoms with E-state index in [2.05, 4.69) is 20.2 Å². The number of hydrogen-bond donors (Lipinski definition) is 2. The molecule has 0 aliphatic carbocycles. The van der Waals surface area contributed by atoms with Crippen molar-refractivity contribution < 1.29 is 13.2 Å². The summed E-state index contributed by atoms with van der Waals surface area (Å²) in [6.45, 7) is 2.01. The van der Waals surface area contributed by atoms with Gasteiger partial charge in [0.25, 0.3) is 10.0 Å². The second kappa shape index (κ2) is 8.05. The quantitative estimate of drug-likeness (QED) is 0.647. The molecule has 8 heteroatoms. The van der Waals surface area contributed by atoms with E-state index in [4.69, 9.17) is 4.74 Å². The minimum atomic E-state index is -3.71. The number of rotatable bonds is 7. The van der Waals surface area contributed by atoms with E-state index in [1.165, 1.54) is 0 Å². The molecule has 1 aromatic heterocycles. The Kier molecular flexibility index (Phi) is 5.56. The van der Waals surface area contributed by atoms with Gasteiger partial charge in [0, 0.05) is 0 Å². The summed E-state index contributed by atoms with van der Waals surface area (Å²) in [4.78, 5) is 0.178. The Morgan fingerprint density at radius 1 is 0.926 bits per heavy atom. The molecule has 0 amide bonds. The van der Waals surface area contributed by atoms with Gasteiger partial charge in [0.2, 0.25) is 0 Å². The van der Waals surface area contributed by atoms with Crippen LogP contribution >= 0.6 is 0 Å². The number of aryl methyl sites for hydroxylation is 1. The maximum atomic E-state index is 12.4. The van der Waals surface area contributed by atoms with Gasteiger partial charge in [-0.3, -0.25) is 4.72 Å². The third kappa shape index (κ3) is 4.53. The molecule has 0 atom stereocenters. The SMILES string of the molecule is CCc1ccc(S(=O)(=O)Nc2ccc(Nc3ccccc3OC)nn2)cc1. The molecule has 3 rings (SSSR count). The van der Waals surface area contributed by atoms with Gasteiger partial charge in [-0.2, -0.15) is 0 Å². The third-order valence-electron chi connectivity index (χ3n) is 3.92.